The summed E-state index contributed by atoms with van der Waals surface area (Å²) < 4.78 is 0. The number of rotatable bonds is 6. The van der Waals surface area contributed by atoms with E-state index in [9.17, 15) is 0 Å². The fourth-order valence-electron chi connectivity index (χ4n) is 1.21. The number of halogens is 1. The second-order valence-electron chi connectivity index (χ2n) is 3.26. The molecule has 0 unspecified atom stereocenters. The van der Waals surface area contributed by atoms with E-state index in [4.69, 9.17) is 16.7 Å². The second-order valence-corrected chi connectivity index (χ2v) is 3.65. The third-order valence-electron chi connectivity index (χ3n) is 1.87. The Morgan fingerprint density at radius 1 is 1.47 bits per heavy atom. The molecule has 0 aliphatic carbocycles. The highest BCUT2D eigenvalue weighted by Crippen LogP contribution is 2.11. The van der Waals surface area contributed by atoms with E-state index in [0.717, 1.165) is 18.5 Å². The maximum absolute atomic E-state index is 8.63. The maximum atomic E-state index is 8.63. The predicted octanol–water partition coefficient (Wildman–Crippen LogP) is 1.88. The number of aryl methyl sites for hydroxylation is 1. The van der Waals surface area contributed by atoms with Gasteiger partial charge in [0.1, 0.15) is 5.15 Å². The van der Waals surface area contributed by atoms with E-state index in [-0.39, 0.29) is 6.61 Å². The summed E-state index contributed by atoms with van der Waals surface area (Å²) >= 11 is 5.86. The lowest BCUT2D eigenvalue weighted by atomic mass is 10.2. The summed E-state index contributed by atoms with van der Waals surface area (Å²) in [4.78, 5) is 8.36. The Morgan fingerprint density at radius 3 is 2.93 bits per heavy atom. The molecule has 0 spiro atoms. The van der Waals surface area contributed by atoms with Crippen molar-refractivity contribution in [1.29, 1.82) is 0 Å². The molecule has 0 saturated carbocycles. The minimum Gasteiger partial charge on any atom is -0.396 e. The molecular weight excluding hydrogens is 214 g/mol. The van der Waals surface area contributed by atoms with Crippen molar-refractivity contribution < 1.29 is 5.11 Å². The number of nitrogens with zero attached hydrogens (tertiary/aromatic N) is 2. The van der Waals surface area contributed by atoms with E-state index in [1.165, 1.54) is 0 Å². The van der Waals surface area contributed by atoms with Crippen LogP contribution in [0.1, 0.15) is 25.5 Å². The molecule has 0 atom stereocenters. The molecule has 2 N–H and O–H groups in total. The van der Waals surface area contributed by atoms with E-state index in [0.29, 0.717) is 24.1 Å². The van der Waals surface area contributed by atoms with Crippen molar-refractivity contribution in [3.05, 3.63) is 16.9 Å². The molecular formula is C10H16ClN3O. The number of hydrogen-bond donors (Lipinski definition) is 2. The van der Waals surface area contributed by atoms with Gasteiger partial charge in [-0.05, 0) is 18.9 Å². The Balaban J connectivity index is 2.62. The van der Waals surface area contributed by atoms with Gasteiger partial charge in [-0.2, -0.15) is 0 Å². The highest BCUT2D eigenvalue weighted by atomic mass is 35.5. The Bertz CT molecular complexity index is 307. The third kappa shape index (κ3) is 4.44. The molecule has 0 fully saturated rings. The Kier molecular flexibility index (Phi) is 5.36. The van der Waals surface area contributed by atoms with Gasteiger partial charge < -0.3 is 10.4 Å². The van der Waals surface area contributed by atoms with Crippen molar-refractivity contribution in [2.24, 2.45) is 0 Å². The van der Waals surface area contributed by atoms with Crippen LogP contribution in [0.4, 0.5) is 5.95 Å². The Morgan fingerprint density at radius 2 is 2.27 bits per heavy atom. The first-order valence-electron chi connectivity index (χ1n) is 5.14. The van der Waals surface area contributed by atoms with Gasteiger partial charge in [0.2, 0.25) is 5.95 Å². The number of aliphatic hydroxyl groups is 1. The zero-order valence-corrected chi connectivity index (χ0v) is 9.59. The van der Waals surface area contributed by atoms with Crippen LogP contribution in [0.5, 0.6) is 0 Å². The van der Waals surface area contributed by atoms with Crippen LogP contribution in [-0.2, 0) is 6.42 Å². The van der Waals surface area contributed by atoms with Gasteiger partial charge >= 0.3 is 0 Å². The molecule has 0 aliphatic heterocycles. The molecule has 0 radical (unpaired) electrons. The van der Waals surface area contributed by atoms with Gasteiger partial charge in [0, 0.05) is 18.8 Å². The fraction of sp³-hybridized carbons (Fsp3) is 0.600. The lowest BCUT2D eigenvalue weighted by Crippen LogP contribution is -2.08. The maximum Gasteiger partial charge on any atom is 0.224 e. The molecule has 15 heavy (non-hydrogen) atoms. The van der Waals surface area contributed by atoms with Crippen LogP contribution in [-0.4, -0.2) is 28.2 Å². The number of aromatic nitrogens is 2. The van der Waals surface area contributed by atoms with Gasteiger partial charge in [0.25, 0.3) is 0 Å². The van der Waals surface area contributed by atoms with Crippen molar-refractivity contribution in [2.75, 3.05) is 18.5 Å². The zero-order chi connectivity index (χ0) is 11.1. The fourth-order valence-corrected chi connectivity index (χ4v) is 1.41. The van der Waals surface area contributed by atoms with Gasteiger partial charge in [0.15, 0.2) is 0 Å². The van der Waals surface area contributed by atoms with Crippen LogP contribution in [0.15, 0.2) is 6.07 Å². The summed E-state index contributed by atoms with van der Waals surface area (Å²) in [6.07, 6.45) is 2.61. The van der Waals surface area contributed by atoms with Gasteiger partial charge in [-0.15, -0.1) is 0 Å². The predicted molar refractivity (Wildman–Crippen MR) is 61.2 cm³/mol. The first-order chi connectivity index (χ1) is 7.26. The van der Waals surface area contributed by atoms with Gasteiger partial charge in [0.05, 0.1) is 0 Å². The average Bonchev–Trinajstić information content (AvgIpc) is 2.18. The summed E-state index contributed by atoms with van der Waals surface area (Å²) in [6.45, 7) is 2.91. The van der Waals surface area contributed by atoms with Crippen molar-refractivity contribution >= 4 is 17.5 Å². The highest BCUT2D eigenvalue weighted by Gasteiger charge is 2.01. The average molecular weight is 230 g/mol. The minimum absolute atomic E-state index is 0.162. The second kappa shape index (κ2) is 6.58. The van der Waals surface area contributed by atoms with Crippen LogP contribution in [0.2, 0.25) is 5.15 Å². The van der Waals surface area contributed by atoms with Crippen LogP contribution < -0.4 is 5.32 Å². The molecule has 4 nitrogen and oxygen atoms in total. The van der Waals surface area contributed by atoms with Gasteiger partial charge in [-0.25, -0.2) is 9.97 Å². The summed E-state index contributed by atoms with van der Waals surface area (Å²) in [6, 6.07) is 1.78. The molecule has 0 aliphatic rings. The molecule has 0 aromatic carbocycles. The molecule has 1 aromatic heterocycles. The van der Waals surface area contributed by atoms with E-state index in [1.807, 2.05) is 0 Å². The lowest BCUT2D eigenvalue weighted by Gasteiger charge is -2.06. The van der Waals surface area contributed by atoms with E-state index >= 15 is 0 Å². The van der Waals surface area contributed by atoms with E-state index < -0.39 is 0 Å². The summed E-state index contributed by atoms with van der Waals surface area (Å²) in [5, 5.41) is 12.1. The third-order valence-corrected chi connectivity index (χ3v) is 2.07. The number of hydrogen-bond acceptors (Lipinski definition) is 4. The summed E-state index contributed by atoms with van der Waals surface area (Å²) in [7, 11) is 0. The molecule has 5 heteroatoms. The van der Waals surface area contributed by atoms with E-state index in [1.54, 1.807) is 6.07 Å². The Hall–Kier alpha value is -0.870. The van der Waals surface area contributed by atoms with Crippen LogP contribution in [0.25, 0.3) is 0 Å². The largest absolute Gasteiger partial charge is 0.396 e. The summed E-state index contributed by atoms with van der Waals surface area (Å²) in [5.41, 5.74) is 0.948. The summed E-state index contributed by atoms with van der Waals surface area (Å²) in [5.74, 6) is 0.541. The van der Waals surface area contributed by atoms with E-state index in [2.05, 4.69) is 22.2 Å². The molecule has 84 valence electrons. The standard InChI is InChI=1S/C10H16ClN3O/c1-2-4-8-7-9(11)14-10(13-8)12-5-3-6-15/h7,15H,2-6H2,1H3,(H,12,13,14). The lowest BCUT2D eigenvalue weighted by molar-refractivity contribution is 0.292. The van der Waals surface area contributed by atoms with Crippen molar-refractivity contribution in [2.45, 2.75) is 26.2 Å². The molecule has 1 aromatic rings. The van der Waals surface area contributed by atoms with Crippen molar-refractivity contribution in [3.63, 3.8) is 0 Å². The molecule has 1 heterocycles. The quantitative estimate of drug-likeness (QED) is 0.578. The molecule has 0 bridgehead atoms. The monoisotopic (exact) mass is 229 g/mol. The SMILES string of the molecule is CCCc1cc(Cl)nc(NCCCO)n1. The molecule has 1 rings (SSSR count). The van der Waals surface area contributed by atoms with Crippen LogP contribution >= 0.6 is 11.6 Å². The van der Waals surface area contributed by atoms with Gasteiger partial charge in [-0.1, -0.05) is 24.9 Å². The highest BCUT2D eigenvalue weighted by molar-refractivity contribution is 6.29. The number of nitrogens with one attached hydrogen (secondary N) is 1. The first kappa shape index (κ1) is 12.2. The van der Waals surface area contributed by atoms with Crippen LogP contribution in [0.3, 0.4) is 0 Å². The smallest absolute Gasteiger partial charge is 0.224 e. The van der Waals surface area contributed by atoms with Crippen molar-refractivity contribution in [1.82, 2.24) is 9.97 Å². The molecule has 0 saturated heterocycles. The zero-order valence-electron chi connectivity index (χ0n) is 8.83. The first-order valence-corrected chi connectivity index (χ1v) is 5.52. The van der Waals surface area contributed by atoms with Crippen LogP contribution in [0, 0.1) is 0 Å². The van der Waals surface area contributed by atoms with Gasteiger partial charge in [-0.3, -0.25) is 0 Å². The topological polar surface area (TPSA) is 58.0 Å². The molecule has 0 amide bonds. The minimum atomic E-state index is 0.162. The van der Waals surface area contributed by atoms with Crippen molar-refractivity contribution in [3.8, 4) is 0 Å². The number of aliphatic hydroxyl groups excluding tert-OH is 1. The Labute approximate surface area is 94.7 Å². The normalized spacial score (nSPS) is 10.3. The number of anilines is 1.